The summed E-state index contributed by atoms with van der Waals surface area (Å²) < 4.78 is 4.74. The molecule has 8 nitrogen and oxygen atoms in total. The molecule has 25 heavy (non-hydrogen) atoms. The summed E-state index contributed by atoms with van der Waals surface area (Å²) in [6, 6.07) is 3.79. The molecule has 1 aliphatic heterocycles. The van der Waals surface area contributed by atoms with Gasteiger partial charge in [0.2, 0.25) is 0 Å². The lowest BCUT2D eigenvalue weighted by Gasteiger charge is -2.34. The molecule has 8 heteroatoms. The Kier molecular flexibility index (Phi) is 4.69. The van der Waals surface area contributed by atoms with Gasteiger partial charge in [0, 0.05) is 49.2 Å². The van der Waals surface area contributed by atoms with Crippen molar-refractivity contribution in [3.63, 3.8) is 0 Å². The number of nitrogens with one attached hydrogen (secondary N) is 1. The maximum absolute atomic E-state index is 11.9. The number of H-pyrrole nitrogens is 1. The maximum atomic E-state index is 11.9. The van der Waals surface area contributed by atoms with Crippen LogP contribution in [-0.2, 0) is 4.74 Å². The lowest BCUT2D eigenvalue weighted by atomic mass is 10.2. The number of hydrogen-bond donors (Lipinski definition) is 1. The molecule has 2 aromatic rings. The molecular weight excluding hydrogens is 322 g/mol. The van der Waals surface area contributed by atoms with Crippen molar-refractivity contribution in [2.45, 2.75) is 13.8 Å². The molecule has 1 fully saturated rings. The van der Waals surface area contributed by atoms with Gasteiger partial charge in [-0.25, -0.2) is 14.8 Å². The maximum Gasteiger partial charge on any atom is 0.409 e. The van der Waals surface area contributed by atoms with Crippen LogP contribution in [0.3, 0.4) is 0 Å². The first-order chi connectivity index (χ1) is 12.0. The van der Waals surface area contributed by atoms with Crippen molar-refractivity contribution in [3.8, 4) is 11.4 Å². The molecule has 0 radical (unpaired) electrons. The number of rotatable bonds is 2. The summed E-state index contributed by atoms with van der Waals surface area (Å²) in [6.07, 6.45) is 1.41. The van der Waals surface area contributed by atoms with Crippen LogP contribution >= 0.6 is 0 Å². The van der Waals surface area contributed by atoms with Crippen LogP contribution in [0.5, 0.6) is 0 Å². The predicted molar refractivity (Wildman–Crippen MR) is 93.8 cm³/mol. The van der Waals surface area contributed by atoms with E-state index in [1.807, 2.05) is 19.1 Å². The van der Waals surface area contributed by atoms with Gasteiger partial charge in [0.1, 0.15) is 11.6 Å². The van der Waals surface area contributed by atoms with Crippen LogP contribution in [-0.4, -0.2) is 59.2 Å². The molecule has 0 spiro atoms. The molecule has 1 N–H and O–H groups in total. The highest BCUT2D eigenvalue weighted by Crippen LogP contribution is 2.19. The van der Waals surface area contributed by atoms with Crippen molar-refractivity contribution < 1.29 is 9.53 Å². The van der Waals surface area contributed by atoms with E-state index in [1.54, 1.807) is 18.0 Å². The van der Waals surface area contributed by atoms with Gasteiger partial charge in [0.15, 0.2) is 0 Å². The van der Waals surface area contributed by atoms with Gasteiger partial charge in [0.25, 0.3) is 5.56 Å². The van der Waals surface area contributed by atoms with E-state index < -0.39 is 0 Å². The summed E-state index contributed by atoms with van der Waals surface area (Å²) in [5, 5.41) is 0. The summed E-state index contributed by atoms with van der Waals surface area (Å²) in [4.78, 5) is 38.9. The Hall–Kier alpha value is -2.90. The largest absolute Gasteiger partial charge is 0.453 e. The molecule has 2 aromatic heterocycles. The minimum Gasteiger partial charge on any atom is -0.453 e. The number of pyridine rings is 1. The second-order valence-electron chi connectivity index (χ2n) is 5.97. The van der Waals surface area contributed by atoms with E-state index >= 15 is 0 Å². The Morgan fingerprint density at radius 2 is 1.92 bits per heavy atom. The first kappa shape index (κ1) is 16.9. The quantitative estimate of drug-likeness (QED) is 0.885. The Morgan fingerprint density at radius 3 is 2.48 bits per heavy atom. The molecular formula is C17H21N5O3. The van der Waals surface area contributed by atoms with Crippen molar-refractivity contribution in [1.29, 1.82) is 0 Å². The number of aromatic amines is 1. The van der Waals surface area contributed by atoms with Crippen molar-refractivity contribution >= 4 is 11.9 Å². The third-order valence-electron chi connectivity index (χ3n) is 4.45. The van der Waals surface area contributed by atoms with Gasteiger partial charge in [-0.15, -0.1) is 0 Å². The number of piperazine rings is 1. The Bertz CT molecular complexity index is 823. The molecule has 0 aliphatic carbocycles. The van der Waals surface area contributed by atoms with E-state index in [0.29, 0.717) is 43.3 Å². The molecule has 3 heterocycles. The van der Waals surface area contributed by atoms with Gasteiger partial charge in [0.05, 0.1) is 7.11 Å². The summed E-state index contributed by atoms with van der Waals surface area (Å²) in [6.45, 7) is 6.15. The Morgan fingerprint density at radius 1 is 1.20 bits per heavy atom. The van der Waals surface area contributed by atoms with Crippen LogP contribution in [0.15, 0.2) is 23.1 Å². The van der Waals surface area contributed by atoms with E-state index in [2.05, 4.69) is 19.9 Å². The van der Waals surface area contributed by atoms with Crippen LogP contribution in [0.2, 0.25) is 0 Å². The fourth-order valence-electron chi connectivity index (χ4n) is 2.74. The van der Waals surface area contributed by atoms with Gasteiger partial charge in [-0.2, -0.15) is 0 Å². The van der Waals surface area contributed by atoms with E-state index in [9.17, 15) is 9.59 Å². The molecule has 132 valence electrons. The Labute approximate surface area is 145 Å². The Balaban J connectivity index is 1.73. The van der Waals surface area contributed by atoms with Crippen molar-refractivity contribution in [2.75, 3.05) is 38.2 Å². The van der Waals surface area contributed by atoms with Gasteiger partial charge >= 0.3 is 6.09 Å². The number of nitrogens with zero attached hydrogens (tertiary/aromatic N) is 4. The van der Waals surface area contributed by atoms with E-state index in [4.69, 9.17) is 4.74 Å². The number of hydrogen-bond acceptors (Lipinski definition) is 6. The summed E-state index contributed by atoms with van der Waals surface area (Å²) in [5.41, 5.74) is 1.96. The number of carbonyl (C=O) groups excluding carboxylic acids is 1. The molecule has 0 unspecified atom stereocenters. The number of methoxy groups -OCH3 is 1. The molecule has 1 saturated heterocycles. The van der Waals surface area contributed by atoms with Crippen LogP contribution in [0.4, 0.5) is 10.6 Å². The minimum absolute atomic E-state index is 0.134. The third-order valence-corrected chi connectivity index (χ3v) is 4.45. The number of ether oxygens (including phenoxy) is 1. The average Bonchev–Trinajstić information content (AvgIpc) is 2.65. The molecule has 0 atom stereocenters. The van der Waals surface area contributed by atoms with E-state index in [0.717, 1.165) is 11.4 Å². The average molecular weight is 343 g/mol. The zero-order valence-corrected chi connectivity index (χ0v) is 14.6. The lowest BCUT2D eigenvalue weighted by molar-refractivity contribution is 0.121. The number of amides is 1. The number of anilines is 1. The zero-order chi connectivity index (χ0) is 18.0. The molecule has 0 saturated carbocycles. The van der Waals surface area contributed by atoms with Crippen LogP contribution in [0.1, 0.15) is 11.3 Å². The zero-order valence-electron chi connectivity index (χ0n) is 14.6. The number of aryl methyl sites for hydroxylation is 1. The predicted octanol–water partition coefficient (Wildman–Crippen LogP) is 1.34. The number of carbonyl (C=O) groups is 1. The van der Waals surface area contributed by atoms with Gasteiger partial charge in [-0.1, -0.05) is 0 Å². The standard InChI is InChI=1S/C17H21N5O3/c1-11-12(2)19-15(20-16(11)23)13-4-5-14(18-10-13)21-6-8-22(9-7-21)17(24)25-3/h4-5,10H,6-9H2,1-3H3,(H,19,20,23). The number of aromatic nitrogens is 3. The highest BCUT2D eigenvalue weighted by atomic mass is 16.5. The molecule has 3 rings (SSSR count). The van der Waals surface area contributed by atoms with Gasteiger partial charge in [-0.05, 0) is 26.0 Å². The third kappa shape index (κ3) is 3.47. The second kappa shape index (κ2) is 6.92. The smallest absolute Gasteiger partial charge is 0.409 e. The van der Waals surface area contributed by atoms with Crippen LogP contribution in [0.25, 0.3) is 11.4 Å². The van der Waals surface area contributed by atoms with Crippen LogP contribution < -0.4 is 10.5 Å². The van der Waals surface area contributed by atoms with Crippen molar-refractivity contribution in [1.82, 2.24) is 19.9 Å². The minimum atomic E-state index is -0.298. The van der Waals surface area contributed by atoms with Crippen molar-refractivity contribution in [2.24, 2.45) is 0 Å². The highest BCUT2D eigenvalue weighted by Gasteiger charge is 2.22. The first-order valence-electron chi connectivity index (χ1n) is 8.11. The normalized spacial score (nSPS) is 14.5. The van der Waals surface area contributed by atoms with Gasteiger partial charge in [-0.3, -0.25) is 4.79 Å². The summed E-state index contributed by atoms with van der Waals surface area (Å²) in [7, 11) is 1.39. The lowest BCUT2D eigenvalue weighted by Crippen LogP contribution is -2.49. The summed E-state index contributed by atoms with van der Waals surface area (Å²) in [5.74, 6) is 1.35. The monoisotopic (exact) mass is 343 g/mol. The van der Waals surface area contributed by atoms with E-state index in [-0.39, 0.29) is 11.7 Å². The first-order valence-corrected chi connectivity index (χ1v) is 8.11. The molecule has 0 bridgehead atoms. The van der Waals surface area contributed by atoms with E-state index in [1.165, 1.54) is 7.11 Å². The van der Waals surface area contributed by atoms with Crippen molar-refractivity contribution in [3.05, 3.63) is 39.9 Å². The topological polar surface area (TPSA) is 91.4 Å². The fourth-order valence-corrected chi connectivity index (χ4v) is 2.74. The van der Waals surface area contributed by atoms with Crippen LogP contribution in [0, 0.1) is 13.8 Å². The molecule has 0 aromatic carbocycles. The SMILES string of the molecule is COC(=O)N1CCN(c2ccc(-c3nc(C)c(C)c(=O)[nH]3)cn2)CC1. The highest BCUT2D eigenvalue weighted by molar-refractivity contribution is 5.68. The second-order valence-corrected chi connectivity index (χ2v) is 5.97. The summed E-state index contributed by atoms with van der Waals surface area (Å²) >= 11 is 0. The fraction of sp³-hybridized carbons (Fsp3) is 0.412. The molecule has 1 aliphatic rings. The van der Waals surface area contributed by atoms with Gasteiger partial charge < -0.3 is 19.5 Å². The molecule has 1 amide bonds.